The van der Waals surface area contributed by atoms with Crippen molar-refractivity contribution in [3.05, 3.63) is 0 Å². The molecule has 0 bridgehead atoms. The molecule has 4 rings (SSSR count). The fourth-order valence-corrected chi connectivity index (χ4v) is 6.64. The van der Waals surface area contributed by atoms with Gasteiger partial charge in [-0.3, -0.25) is 9.59 Å². The van der Waals surface area contributed by atoms with Gasteiger partial charge in [-0.1, -0.05) is 13.8 Å². The highest BCUT2D eigenvalue weighted by atomic mass is 16.5. The number of carbonyl (C=O) groups is 2. The van der Waals surface area contributed by atoms with Gasteiger partial charge < -0.3 is 15.4 Å². The molecule has 0 aromatic heterocycles. The van der Waals surface area contributed by atoms with Crippen molar-refractivity contribution in [2.45, 2.75) is 141 Å². The molecule has 2 N–H and O–H groups in total. The van der Waals surface area contributed by atoms with Crippen molar-refractivity contribution in [2.24, 2.45) is 23.7 Å². The monoisotopic (exact) mass is 460 g/mol. The van der Waals surface area contributed by atoms with Gasteiger partial charge in [0.05, 0.1) is 12.2 Å². The van der Waals surface area contributed by atoms with E-state index < -0.39 is 0 Å². The first kappa shape index (κ1) is 25.0. The molecule has 0 atom stereocenters. The lowest BCUT2D eigenvalue weighted by Crippen LogP contribution is -2.44. The Morgan fingerprint density at radius 2 is 0.848 bits per heavy atom. The van der Waals surface area contributed by atoms with E-state index in [1.165, 1.54) is 25.7 Å². The van der Waals surface area contributed by atoms with E-state index >= 15 is 0 Å². The topological polar surface area (TPSA) is 67.4 Å². The van der Waals surface area contributed by atoms with Crippen molar-refractivity contribution in [3.8, 4) is 0 Å². The van der Waals surface area contributed by atoms with E-state index in [4.69, 9.17) is 4.74 Å². The van der Waals surface area contributed by atoms with Crippen molar-refractivity contribution in [1.29, 1.82) is 0 Å². The van der Waals surface area contributed by atoms with Crippen molar-refractivity contribution in [1.82, 2.24) is 10.6 Å². The third kappa shape index (κ3) is 7.44. The second kappa shape index (κ2) is 12.0. The van der Waals surface area contributed by atoms with Gasteiger partial charge in [0.1, 0.15) is 0 Å². The minimum Gasteiger partial charge on any atom is -0.375 e. The van der Waals surface area contributed by atoms with E-state index in [9.17, 15) is 9.59 Å². The van der Waals surface area contributed by atoms with Gasteiger partial charge in [0.15, 0.2) is 0 Å². The van der Waals surface area contributed by atoms with Crippen molar-refractivity contribution >= 4 is 11.8 Å². The van der Waals surface area contributed by atoms with Crippen LogP contribution in [0.1, 0.15) is 117 Å². The average molecular weight is 461 g/mol. The summed E-state index contributed by atoms with van der Waals surface area (Å²) in [5.41, 5.74) is 0. The fraction of sp³-hybridized carbons (Fsp3) is 0.929. The number of carbonyl (C=O) groups excluding carboxylic acids is 2. The van der Waals surface area contributed by atoms with E-state index in [-0.39, 0.29) is 11.8 Å². The Kier molecular flexibility index (Phi) is 9.12. The van der Waals surface area contributed by atoms with Crippen LogP contribution in [-0.2, 0) is 14.3 Å². The van der Waals surface area contributed by atoms with Crippen LogP contribution in [0.25, 0.3) is 0 Å². The van der Waals surface area contributed by atoms with Crippen LogP contribution in [0.3, 0.4) is 0 Å². The number of rotatable bonds is 6. The summed E-state index contributed by atoms with van der Waals surface area (Å²) in [6, 6.07) is 0.677. The van der Waals surface area contributed by atoms with Crippen LogP contribution in [0.5, 0.6) is 0 Å². The second-order valence-corrected chi connectivity index (χ2v) is 12.0. The molecular formula is C28H48N2O3. The van der Waals surface area contributed by atoms with E-state index in [0.717, 1.165) is 88.9 Å². The van der Waals surface area contributed by atoms with Gasteiger partial charge in [-0.2, -0.15) is 0 Å². The Morgan fingerprint density at radius 3 is 1.18 bits per heavy atom. The van der Waals surface area contributed by atoms with Crippen LogP contribution in [0.2, 0.25) is 0 Å². The van der Waals surface area contributed by atoms with Gasteiger partial charge in [-0.05, 0) is 115 Å². The van der Waals surface area contributed by atoms with Crippen LogP contribution < -0.4 is 10.6 Å². The van der Waals surface area contributed by atoms with Crippen molar-refractivity contribution in [2.75, 3.05) is 0 Å². The molecule has 0 saturated heterocycles. The number of hydrogen-bond donors (Lipinski definition) is 2. The maximum Gasteiger partial charge on any atom is 0.223 e. The molecule has 5 nitrogen and oxygen atoms in total. The first-order valence-corrected chi connectivity index (χ1v) is 14.2. The third-order valence-electron chi connectivity index (χ3n) is 9.20. The molecule has 0 heterocycles. The lowest BCUT2D eigenvalue weighted by atomic mass is 9.82. The Balaban J connectivity index is 1.09. The Morgan fingerprint density at radius 1 is 0.515 bits per heavy atom. The zero-order chi connectivity index (χ0) is 23.2. The van der Waals surface area contributed by atoms with Gasteiger partial charge in [0.2, 0.25) is 11.8 Å². The molecule has 0 unspecified atom stereocenters. The number of nitrogens with one attached hydrogen (secondary N) is 2. The summed E-state index contributed by atoms with van der Waals surface area (Å²) in [7, 11) is 0. The molecule has 0 radical (unpaired) electrons. The number of ether oxygens (including phenoxy) is 1. The molecule has 0 aromatic carbocycles. The molecule has 0 aliphatic heterocycles. The zero-order valence-electron chi connectivity index (χ0n) is 21.2. The minimum atomic E-state index is 0.243. The highest BCUT2D eigenvalue weighted by molar-refractivity contribution is 5.79. The summed E-state index contributed by atoms with van der Waals surface area (Å²) in [5.74, 6) is 2.66. The molecular weight excluding hydrogens is 412 g/mol. The molecule has 4 saturated carbocycles. The number of hydrogen-bond acceptors (Lipinski definition) is 3. The molecule has 33 heavy (non-hydrogen) atoms. The zero-order valence-corrected chi connectivity index (χ0v) is 21.2. The summed E-state index contributed by atoms with van der Waals surface area (Å²) < 4.78 is 6.47. The largest absolute Gasteiger partial charge is 0.375 e. The Hall–Kier alpha value is -1.10. The summed E-state index contributed by atoms with van der Waals surface area (Å²) in [4.78, 5) is 25.2. The van der Waals surface area contributed by atoms with Crippen LogP contribution >= 0.6 is 0 Å². The lowest BCUT2D eigenvalue weighted by Gasteiger charge is -2.36. The highest BCUT2D eigenvalue weighted by Crippen LogP contribution is 2.32. The maximum atomic E-state index is 12.6. The van der Waals surface area contributed by atoms with Crippen molar-refractivity contribution in [3.63, 3.8) is 0 Å². The van der Waals surface area contributed by atoms with Crippen LogP contribution in [0.15, 0.2) is 0 Å². The van der Waals surface area contributed by atoms with Gasteiger partial charge >= 0.3 is 0 Å². The molecule has 188 valence electrons. The van der Waals surface area contributed by atoms with E-state index in [1.807, 2.05) is 0 Å². The summed E-state index contributed by atoms with van der Waals surface area (Å²) in [6.07, 6.45) is 18.2. The van der Waals surface area contributed by atoms with Crippen molar-refractivity contribution < 1.29 is 14.3 Å². The van der Waals surface area contributed by atoms with Gasteiger partial charge in [0, 0.05) is 23.9 Å². The fourth-order valence-electron chi connectivity index (χ4n) is 6.64. The summed E-state index contributed by atoms with van der Waals surface area (Å²) >= 11 is 0. The summed E-state index contributed by atoms with van der Waals surface area (Å²) in [5, 5.41) is 6.69. The van der Waals surface area contributed by atoms with Crippen LogP contribution in [0.4, 0.5) is 0 Å². The van der Waals surface area contributed by atoms with Gasteiger partial charge in [-0.25, -0.2) is 0 Å². The standard InChI is InChI=1S/C28H48N2O3/c1-19-3-7-21(8-4-19)27(31)29-23-11-15-25(16-12-23)33-26-17-13-24(14-18-26)30-28(32)22-9-5-20(2)6-10-22/h19-26H,3-18H2,1-2H3,(H,29,31)(H,30,32). The minimum absolute atomic E-state index is 0.243. The molecule has 0 spiro atoms. The molecule has 0 aromatic rings. The van der Waals surface area contributed by atoms with Crippen LogP contribution in [0, 0.1) is 23.7 Å². The molecule has 4 aliphatic carbocycles. The first-order valence-electron chi connectivity index (χ1n) is 14.2. The van der Waals surface area contributed by atoms with E-state index in [0.29, 0.717) is 36.1 Å². The average Bonchev–Trinajstić information content (AvgIpc) is 2.82. The quantitative estimate of drug-likeness (QED) is 0.549. The predicted octanol–water partition coefficient (Wildman–Crippen LogP) is 5.51. The smallest absolute Gasteiger partial charge is 0.223 e. The normalized spacial score (nSPS) is 40.1. The third-order valence-corrected chi connectivity index (χ3v) is 9.20. The SMILES string of the molecule is CC1CCC(C(=O)NC2CCC(OC3CCC(NC(=O)C4CCC(C)CC4)CC3)CC2)CC1. The molecule has 5 heteroatoms. The predicted molar refractivity (Wildman–Crippen MR) is 132 cm³/mol. The van der Waals surface area contributed by atoms with E-state index in [1.54, 1.807) is 0 Å². The molecule has 2 amide bonds. The Bertz CT molecular complexity index is 567. The maximum absolute atomic E-state index is 12.6. The van der Waals surface area contributed by atoms with Crippen LogP contribution in [-0.4, -0.2) is 36.1 Å². The highest BCUT2D eigenvalue weighted by Gasteiger charge is 2.31. The van der Waals surface area contributed by atoms with Gasteiger partial charge in [0.25, 0.3) is 0 Å². The second-order valence-electron chi connectivity index (χ2n) is 12.0. The summed E-state index contributed by atoms with van der Waals surface area (Å²) in [6.45, 7) is 4.60. The molecule has 4 aliphatic rings. The van der Waals surface area contributed by atoms with E-state index in [2.05, 4.69) is 24.5 Å². The first-order chi connectivity index (χ1) is 16.0. The Labute approximate surface area is 201 Å². The molecule has 4 fully saturated rings. The lowest BCUT2D eigenvalue weighted by molar-refractivity contribution is -0.127. The van der Waals surface area contributed by atoms with Gasteiger partial charge in [-0.15, -0.1) is 0 Å². The number of amides is 2.